The van der Waals surface area contributed by atoms with Gasteiger partial charge in [0.2, 0.25) is 5.91 Å². The molecule has 10 heteroatoms. The van der Waals surface area contributed by atoms with E-state index < -0.39 is 23.2 Å². The maximum Gasteiger partial charge on any atom is 0.306 e. The van der Waals surface area contributed by atoms with Crippen LogP contribution in [-0.4, -0.2) is 77.3 Å². The molecule has 1 aromatic carbocycles. The second kappa shape index (κ2) is 12.8. The molecule has 2 aliphatic rings. The Morgan fingerprint density at radius 2 is 1.89 bits per heavy atom. The number of carbonyl (C=O) groups is 3. The van der Waals surface area contributed by atoms with Crippen molar-refractivity contribution in [3.05, 3.63) is 35.1 Å². The normalized spacial score (nSPS) is 17.4. The summed E-state index contributed by atoms with van der Waals surface area (Å²) in [5.41, 5.74) is -0.566. The molecule has 2 heterocycles. The Morgan fingerprint density at radius 3 is 2.46 bits per heavy atom. The zero-order valence-electron chi connectivity index (χ0n) is 22.3. The lowest BCUT2D eigenvalue weighted by Crippen LogP contribution is -2.54. The Kier molecular flexibility index (Phi) is 9.98. The van der Waals surface area contributed by atoms with E-state index in [9.17, 15) is 18.8 Å². The molecule has 37 heavy (non-hydrogen) atoms. The first-order valence-corrected chi connectivity index (χ1v) is 14.2. The SMILES string of the molecule is CCOC(=O)CC1CCN(C(=O)C(C)(C)[C@H](CC)NC(=O)c2ccc(C(=N)N3CCSC3)cc2F)CC1. The summed E-state index contributed by atoms with van der Waals surface area (Å²) in [6, 6.07) is 3.75. The highest BCUT2D eigenvalue weighted by molar-refractivity contribution is 7.99. The van der Waals surface area contributed by atoms with Gasteiger partial charge in [0.05, 0.1) is 23.5 Å². The number of benzene rings is 1. The largest absolute Gasteiger partial charge is 0.466 e. The fourth-order valence-electron chi connectivity index (χ4n) is 5.00. The van der Waals surface area contributed by atoms with Gasteiger partial charge in [-0.05, 0) is 58.1 Å². The van der Waals surface area contributed by atoms with Crippen molar-refractivity contribution < 1.29 is 23.5 Å². The lowest BCUT2D eigenvalue weighted by Gasteiger charge is -2.40. The van der Waals surface area contributed by atoms with Crippen molar-refractivity contribution in [1.82, 2.24) is 15.1 Å². The Labute approximate surface area is 223 Å². The smallest absolute Gasteiger partial charge is 0.306 e. The van der Waals surface area contributed by atoms with E-state index in [2.05, 4.69) is 5.32 Å². The molecule has 2 saturated heterocycles. The number of ether oxygens (including phenoxy) is 1. The number of amides is 2. The minimum Gasteiger partial charge on any atom is -0.466 e. The highest BCUT2D eigenvalue weighted by atomic mass is 32.2. The number of carbonyl (C=O) groups excluding carboxylic acids is 3. The number of hydrogen-bond donors (Lipinski definition) is 2. The van der Waals surface area contributed by atoms with Crippen LogP contribution >= 0.6 is 11.8 Å². The molecule has 2 amide bonds. The van der Waals surface area contributed by atoms with E-state index in [4.69, 9.17) is 10.1 Å². The Balaban J connectivity index is 1.61. The maximum atomic E-state index is 14.9. The highest BCUT2D eigenvalue weighted by Crippen LogP contribution is 2.30. The molecule has 2 fully saturated rings. The molecule has 2 N–H and O–H groups in total. The molecule has 0 aromatic heterocycles. The van der Waals surface area contributed by atoms with Crippen molar-refractivity contribution in [1.29, 1.82) is 5.41 Å². The summed E-state index contributed by atoms with van der Waals surface area (Å²) < 4.78 is 20.0. The molecule has 1 atom stereocenters. The van der Waals surface area contributed by atoms with Crippen LogP contribution in [0, 0.1) is 22.6 Å². The molecule has 0 unspecified atom stereocenters. The van der Waals surface area contributed by atoms with Crippen LogP contribution in [0.3, 0.4) is 0 Å². The molecule has 0 saturated carbocycles. The van der Waals surface area contributed by atoms with E-state index in [0.717, 1.165) is 25.1 Å². The third kappa shape index (κ3) is 7.03. The van der Waals surface area contributed by atoms with Gasteiger partial charge < -0.3 is 19.9 Å². The van der Waals surface area contributed by atoms with E-state index in [1.807, 2.05) is 25.7 Å². The molecule has 0 radical (unpaired) electrons. The first-order chi connectivity index (χ1) is 17.6. The van der Waals surface area contributed by atoms with E-state index >= 15 is 0 Å². The van der Waals surface area contributed by atoms with Crippen molar-refractivity contribution >= 4 is 35.4 Å². The summed E-state index contributed by atoms with van der Waals surface area (Å²) in [6.45, 7) is 9.51. The fraction of sp³-hybridized carbons (Fsp3) is 0.630. The lowest BCUT2D eigenvalue weighted by atomic mass is 9.80. The summed E-state index contributed by atoms with van der Waals surface area (Å²) in [6.07, 6.45) is 2.33. The monoisotopic (exact) mass is 534 g/mol. The van der Waals surface area contributed by atoms with Gasteiger partial charge in [-0.3, -0.25) is 19.8 Å². The molecule has 0 spiro atoms. The summed E-state index contributed by atoms with van der Waals surface area (Å²) in [4.78, 5) is 42.0. The van der Waals surface area contributed by atoms with Crippen molar-refractivity contribution in [2.24, 2.45) is 11.3 Å². The van der Waals surface area contributed by atoms with Gasteiger partial charge in [0, 0.05) is 43.4 Å². The standard InChI is InChI=1S/C27H39FN4O4S/c1-5-22(27(3,4)26(35)31-11-9-18(10-12-31)15-23(33)36-6-2)30-25(34)20-8-7-19(16-21(20)28)24(29)32-13-14-37-17-32/h7-8,16,18,22,29H,5-6,9-15,17H2,1-4H3,(H,30,34)/t22-/m0/s1. The van der Waals surface area contributed by atoms with Crippen LogP contribution < -0.4 is 5.32 Å². The van der Waals surface area contributed by atoms with Gasteiger partial charge in [-0.1, -0.05) is 13.0 Å². The lowest BCUT2D eigenvalue weighted by molar-refractivity contribution is -0.145. The van der Waals surface area contributed by atoms with Gasteiger partial charge in [-0.25, -0.2) is 4.39 Å². The average Bonchev–Trinajstić information content (AvgIpc) is 3.41. The van der Waals surface area contributed by atoms with Crippen LogP contribution in [0.4, 0.5) is 4.39 Å². The van der Waals surface area contributed by atoms with Crippen LogP contribution in [0.5, 0.6) is 0 Å². The van der Waals surface area contributed by atoms with Crippen LogP contribution in [0.25, 0.3) is 0 Å². The highest BCUT2D eigenvalue weighted by Gasteiger charge is 2.41. The third-order valence-electron chi connectivity index (χ3n) is 7.35. The molecule has 0 aliphatic carbocycles. The molecule has 3 rings (SSSR count). The quantitative estimate of drug-likeness (QED) is 0.283. The Hall–Kier alpha value is -2.62. The number of amidine groups is 1. The zero-order valence-corrected chi connectivity index (χ0v) is 23.1. The van der Waals surface area contributed by atoms with Gasteiger partial charge in [-0.2, -0.15) is 0 Å². The first-order valence-electron chi connectivity index (χ1n) is 13.0. The Morgan fingerprint density at radius 1 is 1.19 bits per heavy atom. The van der Waals surface area contributed by atoms with Crippen molar-refractivity contribution in [3.63, 3.8) is 0 Å². The van der Waals surface area contributed by atoms with Crippen LogP contribution in [0.15, 0.2) is 18.2 Å². The van der Waals surface area contributed by atoms with Crippen LogP contribution in [0.1, 0.15) is 69.3 Å². The van der Waals surface area contributed by atoms with Gasteiger partial charge >= 0.3 is 5.97 Å². The number of halogens is 1. The van der Waals surface area contributed by atoms with Gasteiger partial charge in [-0.15, -0.1) is 11.8 Å². The number of likely N-dealkylation sites (tertiary alicyclic amines) is 1. The summed E-state index contributed by atoms with van der Waals surface area (Å²) in [5, 5.41) is 11.2. The summed E-state index contributed by atoms with van der Waals surface area (Å²) in [5.74, 6) is 0.555. The van der Waals surface area contributed by atoms with E-state index in [1.54, 1.807) is 29.7 Å². The molecular weight excluding hydrogens is 495 g/mol. The number of piperidine rings is 1. The molecule has 2 aliphatic heterocycles. The maximum absolute atomic E-state index is 14.9. The van der Waals surface area contributed by atoms with E-state index in [0.29, 0.717) is 44.0 Å². The van der Waals surface area contributed by atoms with Crippen molar-refractivity contribution in [3.8, 4) is 0 Å². The average molecular weight is 535 g/mol. The van der Waals surface area contributed by atoms with E-state index in [1.165, 1.54) is 12.1 Å². The zero-order chi connectivity index (χ0) is 27.2. The van der Waals surface area contributed by atoms with Gasteiger partial charge in [0.1, 0.15) is 11.7 Å². The minimum absolute atomic E-state index is 0.0676. The number of esters is 1. The predicted octanol–water partition coefficient (Wildman–Crippen LogP) is 3.88. The third-order valence-corrected chi connectivity index (χ3v) is 8.32. The Bertz CT molecular complexity index is 1000. The second-order valence-electron chi connectivity index (χ2n) is 10.2. The fourth-order valence-corrected chi connectivity index (χ4v) is 5.96. The molecule has 1 aromatic rings. The number of nitrogens with one attached hydrogen (secondary N) is 2. The number of thioether (sulfide) groups is 1. The molecule has 8 nitrogen and oxygen atoms in total. The summed E-state index contributed by atoms with van der Waals surface area (Å²) in [7, 11) is 0. The van der Waals surface area contributed by atoms with Gasteiger partial charge in [0.25, 0.3) is 5.91 Å². The van der Waals surface area contributed by atoms with Gasteiger partial charge in [0.15, 0.2) is 0 Å². The number of hydrogen-bond acceptors (Lipinski definition) is 6. The van der Waals surface area contributed by atoms with Crippen molar-refractivity contribution in [2.45, 2.75) is 59.4 Å². The summed E-state index contributed by atoms with van der Waals surface area (Å²) >= 11 is 1.72. The predicted molar refractivity (Wildman–Crippen MR) is 143 cm³/mol. The molecule has 204 valence electrons. The van der Waals surface area contributed by atoms with Crippen LogP contribution in [0.2, 0.25) is 0 Å². The first kappa shape index (κ1) is 28.9. The second-order valence-corrected chi connectivity index (χ2v) is 11.3. The van der Waals surface area contributed by atoms with Crippen molar-refractivity contribution in [2.75, 3.05) is 37.9 Å². The molecular formula is C27H39FN4O4S. The number of nitrogens with zero attached hydrogens (tertiary/aromatic N) is 2. The minimum atomic E-state index is -0.898. The molecule has 0 bridgehead atoms. The van der Waals surface area contributed by atoms with Crippen LogP contribution in [-0.2, 0) is 14.3 Å². The number of rotatable bonds is 9. The van der Waals surface area contributed by atoms with E-state index in [-0.39, 0.29) is 29.2 Å². The topological polar surface area (TPSA) is 103 Å².